The van der Waals surface area contributed by atoms with Crippen LogP contribution in [-0.4, -0.2) is 42.5 Å². The molecule has 0 radical (unpaired) electrons. The predicted octanol–water partition coefficient (Wildman–Crippen LogP) is 1.78. The third-order valence-electron chi connectivity index (χ3n) is 3.54. The number of methoxy groups -OCH3 is 2. The van der Waals surface area contributed by atoms with Gasteiger partial charge in [0.05, 0.1) is 20.6 Å². The average molecular weight is 331 g/mol. The van der Waals surface area contributed by atoms with Gasteiger partial charge in [0, 0.05) is 26.3 Å². The molecule has 1 heterocycles. The van der Waals surface area contributed by atoms with E-state index in [9.17, 15) is 9.59 Å². The highest BCUT2D eigenvalue weighted by Gasteiger charge is 2.22. The highest BCUT2D eigenvalue weighted by Crippen LogP contribution is 2.22. The largest absolute Gasteiger partial charge is 0.469 e. The molecule has 0 unspecified atom stereocenters. The van der Waals surface area contributed by atoms with Crippen molar-refractivity contribution in [2.45, 2.75) is 13.0 Å². The van der Waals surface area contributed by atoms with Gasteiger partial charge in [-0.05, 0) is 5.56 Å². The van der Waals surface area contributed by atoms with E-state index in [1.807, 2.05) is 35.2 Å². The fourth-order valence-electron chi connectivity index (χ4n) is 2.36. The van der Waals surface area contributed by atoms with Gasteiger partial charge >= 0.3 is 11.9 Å². The Morgan fingerprint density at radius 3 is 2.50 bits per heavy atom. The second-order valence-corrected chi connectivity index (χ2v) is 5.26. The van der Waals surface area contributed by atoms with Crippen molar-refractivity contribution in [2.75, 3.05) is 25.7 Å². The highest BCUT2D eigenvalue weighted by molar-refractivity contribution is 5.94. The van der Waals surface area contributed by atoms with Crippen molar-refractivity contribution in [2.24, 2.45) is 7.05 Å². The van der Waals surface area contributed by atoms with E-state index in [0.717, 1.165) is 5.56 Å². The molecule has 1 aromatic heterocycles. The molecule has 0 bridgehead atoms. The van der Waals surface area contributed by atoms with Gasteiger partial charge in [0.2, 0.25) is 0 Å². The number of rotatable bonds is 7. The number of carbonyl (C=O) groups excluding carboxylic acids is 2. The number of nitrogens with zero attached hydrogens (tertiary/aromatic N) is 3. The molecule has 0 fully saturated rings. The van der Waals surface area contributed by atoms with Crippen molar-refractivity contribution in [1.29, 1.82) is 0 Å². The molecule has 7 nitrogen and oxygen atoms in total. The first-order valence-corrected chi connectivity index (χ1v) is 7.52. The molecule has 0 aliphatic heterocycles. The first kappa shape index (κ1) is 17.5. The lowest BCUT2D eigenvalue weighted by Crippen LogP contribution is -2.28. The van der Waals surface area contributed by atoms with Gasteiger partial charge in [0.15, 0.2) is 5.82 Å². The van der Waals surface area contributed by atoms with E-state index in [-0.39, 0.29) is 12.4 Å². The summed E-state index contributed by atoms with van der Waals surface area (Å²) < 4.78 is 11.1. The molecule has 24 heavy (non-hydrogen) atoms. The molecule has 0 spiro atoms. The Hall–Kier alpha value is -2.83. The molecule has 0 saturated heterocycles. The number of hydrogen-bond acceptors (Lipinski definition) is 6. The zero-order valence-corrected chi connectivity index (χ0v) is 14.1. The van der Waals surface area contributed by atoms with E-state index < -0.39 is 5.97 Å². The first-order valence-electron chi connectivity index (χ1n) is 7.52. The number of aromatic nitrogens is 2. The molecule has 1 aromatic carbocycles. The summed E-state index contributed by atoms with van der Waals surface area (Å²) in [6, 6.07) is 9.77. The van der Waals surface area contributed by atoms with Crippen LogP contribution >= 0.6 is 0 Å². The molecule has 0 atom stereocenters. The summed E-state index contributed by atoms with van der Waals surface area (Å²) in [5.41, 5.74) is 1.41. The van der Waals surface area contributed by atoms with Crippen molar-refractivity contribution in [3.63, 3.8) is 0 Å². The van der Waals surface area contributed by atoms with Crippen LogP contribution in [0.5, 0.6) is 0 Å². The number of hydrogen-bond donors (Lipinski definition) is 0. The zero-order valence-electron chi connectivity index (χ0n) is 14.1. The molecule has 0 saturated carbocycles. The number of aryl methyl sites for hydroxylation is 1. The van der Waals surface area contributed by atoms with Gasteiger partial charge in [-0.3, -0.25) is 9.48 Å². The smallest absolute Gasteiger partial charge is 0.343 e. The lowest BCUT2D eigenvalue weighted by Gasteiger charge is -2.23. The fourth-order valence-corrected chi connectivity index (χ4v) is 2.36. The molecule has 0 aliphatic rings. The summed E-state index contributed by atoms with van der Waals surface area (Å²) in [6.45, 7) is 0.890. The molecule has 2 aromatic rings. The standard InChI is InChI=1S/C17H21N3O4/c1-19-12-14(17(22)24-3)16(18-19)20(10-9-15(21)23-2)11-13-7-5-4-6-8-13/h4-8,12H,9-11H2,1-3H3. The number of benzene rings is 1. The Bertz CT molecular complexity index is 697. The molecule has 128 valence electrons. The van der Waals surface area contributed by atoms with Crippen LogP contribution in [0, 0.1) is 0 Å². The van der Waals surface area contributed by atoms with E-state index in [0.29, 0.717) is 24.5 Å². The Morgan fingerprint density at radius 1 is 1.17 bits per heavy atom. The van der Waals surface area contributed by atoms with Gasteiger partial charge in [-0.15, -0.1) is 0 Å². The van der Waals surface area contributed by atoms with Crippen molar-refractivity contribution >= 4 is 17.8 Å². The molecule has 7 heteroatoms. The summed E-state index contributed by atoms with van der Waals surface area (Å²) in [4.78, 5) is 25.4. The Balaban J connectivity index is 2.31. The van der Waals surface area contributed by atoms with E-state index >= 15 is 0 Å². The zero-order chi connectivity index (χ0) is 17.5. The molecule has 0 N–H and O–H groups in total. The molecular formula is C17H21N3O4. The van der Waals surface area contributed by atoms with Crippen molar-refractivity contribution in [1.82, 2.24) is 9.78 Å². The van der Waals surface area contributed by atoms with Crippen LogP contribution < -0.4 is 4.90 Å². The lowest BCUT2D eigenvalue weighted by atomic mass is 10.2. The van der Waals surface area contributed by atoms with Crippen molar-refractivity contribution in [3.8, 4) is 0 Å². The van der Waals surface area contributed by atoms with E-state index in [4.69, 9.17) is 9.47 Å². The van der Waals surface area contributed by atoms with Crippen LogP contribution in [0.4, 0.5) is 5.82 Å². The van der Waals surface area contributed by atoms with Gasteiger partial charge in [-0.2, -0.15) is 5.10 Å². The molecule has 0 amide bonds. The predicted molar refractivity (Wildman–Crippen MR) is 88.7 cm³/mol. The summed E-state index contributed by atoms with van der Waals surface area (Å²) in [7, 11) is 4.41. The number of anilines is 1. The lowest BCUT2D eigenvalue weighted by molar-refractivity contribution is -0.140. The minimum absolute atomic E-state index is 0.195. The first-order chi connectivity index (χ1) is 11.5. The van der Waals surface area contributed by atoms with Crippen molar-refractivity contribution in [3.05, 3.63) is 47.7 Å². The number of carbonyl (C=O) groups is 2. The Morgan fingerprint density at radius 2 is 1.88 bits per heavy atom. The van der Waals surface area contributed by atoms with Crippen LogP contribution in [0.2, 0.25) is 0 Å². The minimum Gasteiger partial charge on any atom is -0.469 e. The van der Waals surface area contributed by atoms with Gasteiger partial charge in [-0.25, -0.2) is 4.79 Å². The van der Waals surface area contributed by atoms with Gasteiger partial charge in [-0.1, -0.05) is 30.3 Å². The van der Waals surface area contributed by atoms with Crippen molar-refractivity contribution < 1.29 is 19.1 Å². The fraction of sp³-hybridized carbons (Fsp3) is 0.353. The summed E-state index contributed by atoms with van der Waals surface area (Å²) in [6.07, 6.45) is 1.80. The SMILES string of the molecule is COC(=O)CCN(Cc1ccccc1)c1nn(C)cc1C(=O)OC. The second-order valence-electron chi connectivity index (χ2n) is 5.26. The monoisotopic (exact) mass is 331 g/mol. The van der Waals surface area contributed by atoms with E-state index in [1.54, 1.807) is 17.9 Å². The van der Waals surface area contributed by atoms with Crippen LogP contribution in [0.3, 0.4) is 0 Å². The quantitative estimate of drug-likeness (QED) is 0.720. The maximum atomic E-state index is 12.0. The topological polar surface area (TPSA) is 73.7 Å². The third kappa shape index (κ3) is 4.34. The van der Waals surface area contributed by atoms with E-state index in [1.165, 1.54) is 14.2 Å². The Labute approximate surface area is 140 Å². The van der Waals surface area contributed by atoms with Gasteiger partial charge in [0.25, 0.3) is 0 Å². The van der Waals surface area contributed by atoms with Gasteiger partial charge < -0.3 is 14.4 Å². The summed E-state index contributed by atoms with van der Waals surface area (Å²) in [5.74, 6) is -0.296. The highest BCUT2D eigenvalue weighted by atomic mass is 16.5. The minimum atomic E-state index is -0.464. The molecule has 2 rings (SSSR count). The molecule has 0 aliphatic carbocycles. The normalized spacial score (nSPS) is 10.3. The second kappa shape index (κ2) is 8.14. The van der Waals surface area contributed by atoms with Crippen LogP contribution in [0.15, 0.2) is 36.5 Å². The number of esters is 2. The van der Waals surface area contributed by atoms with E-state index in [2.05, 4.69) is 5.10 Å². The third-order valence-corrected chi connectivity index (χ3v) is 3.54. The average Bonchev–Trinajstić information content (AvgIpc) is 3.00. The molecular weight excluding hydrogens is 310 g/mol. The number of ether oxygens (including phenoxy) is 2. The Kier molecular flexibility index (Phi) is 5.95. The van der Waals surface area contributed by atoms with Crippen LogP contribution in [0.25, 0.3) is 0 Å². The summed E-state index contributed by atoms with van der Waals surface area (Å²) in [5, 5.41) is 4.37. The maximum Gasteiger partial charge on any atom is 0.343 e. The van der Waals surface area contributed by atoms with Crippen LogP contribution in [0.1, 0.15) is 22.3 Å². The van der Waals surface area contributed by atoms with Crippen LogP contribution in [-0.2, 0) is 27.9 Å². The van der Waals surface area contributed by atoms with Gasteiger partial charge in [0.1, 0.15) is 5.56 Å². The maximum absolute atomic E-state index is 12.0. The summed E-state index contributed by atoms with van der Waals surface area (Å²) >= 11 is 0.